The molecule has 0 saturated carbocycles. The summed E-state index contributed by atoms with van der Waals surface area (Å²) in [7, 11) is 0. The van der Waals surface area contributed by atoms with Crippen molar-refractivity contribution in [3.63, 3.8) is 0 Å². The zero-order valence-electron chi connectivity index (χ0n) is 16.8. The maximum Gasteiger partial charge on any atom is 0.323 e. The largest absolute Gasteiger partial charge is 0.461 e. The third kappa shape index (κ3) is 7.70. The predicted molar refractivity (Wildman–Crippen MR) is 95.2 cm³/mol. The van der Waals surface area contributed by atoms with Gasteiger partial charge in [-0.15, -0.1) is 0 Å². The van der Waals surface area contributed by atoms with Crippen LogP contribution in [-0.2, 0) is 28.6 Å². The Morgan fingerprint density at radius 1 is 1.08 bits per heavy atom. The molecule has 150 valence electrons. The van der Waals surface area contributed by atoms with Crippen LogP contribution >= 0.6 is 0 Å². The van der Waals surface area contributed by atoms with Gasteiger partial charge in [-0.1, -0.05) is 0 Å². The van der Waals surface area contributed by atoms with Crippen molar-refractivity contribution in [3.8, 4) is 0 Å². The number of hydrogen-bond donors (Lipinski definition) is 2. The monoisotopic (exact) mass is 372 g/mol. The number of rotatable bonds is 5. The lowest BCUT2D eigenvalue weighted by Crippen LogP contribution is -2.46. The third-order valence-electron chi connectivity index (χ3n) is 3.56. The first-order valence-corrected chi connectivity index (χ1v) is 8.82. The second kappa shape index (κ2) is 8.35. The lowest BCUT2D eigenvalue weighted by molar-refractivity contribution is -0.158. The molecule has 1 saturated heterocycles. The van der Waals surface area contributed by atoms with E-state index in [0.29, 0.717) is 0 Å². The smallest absolute Gasteiger partial charge is 0.323 e. The fourth-order valence-electron chi connectivity index (χ4n) is 2.68. The highest BCUT2D eigenvalue weighted by atomic mass is 16.6. The molecule has 0 unspecified atom stereocenters. The minimum Gasteiger partial charge on any atom is -0.461 e. The van der Waals surface area contributed by atoms with Gasteiger partial charge in [0.2, 0.25) is 0 Å². The van der Waals surface area contributed by atoms with Crippen molar-refractivity contribution < 1.29 is 28.6 Å². The maximum atomic E-state index is 12.3. The summed E-state index contributed by atoms with van der Waals surface area (Å²) in [4.78, 5) is 35.8. The Morgan fingerprint density at radius 2 is 1.62 bits per heavy atom. The first-order chi connectivity index (χ1) is 11.7. The predicted octanol–water partition coefficient (Wildman–Crippen LogP) is 1.05. The molecule has 0 aromatic heterocycles. The fraction of sp³-hybridized carbons (Fsp3) is 0.833. The molecular formula is C18H32N2O6. The van der Waals surface area contributed by atoms with Gasteiger partial charge in [0, 0.05) is 19.4 Å². The molecule has 0 amide bonds. The van der Waals surface area contributed by atoms with E-state index in [-0.39, 0.29) is 12.8 Å². The summed E-state index contributed by atoms with van der Waals surface area (Å²) in [6, 6.07) is -1.98. The Morgan fingerprint density at radius 3 is 2.08 bits per heavy atom. The fourth-order valence-corrected chi connectivity index (χ4v) is 2.68. The summed E-state index contributed by atoms with van der Waals surface area (Å²) < 4.78 is 16.0. The molecule has 1 aliphatic heterocycles. The number of nitrogens with one attached hydrogen (secondary N) is 1. The summed E-state index contributed by atoms with van der Waals surface area (Å²) >= 11 is 0. The number of nitrogens with two attached hydrogens (primary N) is 1. The van der Waals surface area contributed by atoms with Crippen molar-refractivity contribution in [2.75, 3.05) is 0 Å². The van der Waals surface area contributed by atoms with Crippen LogP contribution in [-0.4, -0.2) is 53.3 Å². The van der Waals surface area contributed by atoms with Gasteiger partial charge in [-0.3, -0.25) is 19.7 Å². The topological polar surface area (TPSA) is 117 Å². The van der Waals surface area contributed by atoms with E-state index in [0.717, 1.165) is 0 Å². The quantitative estimate of drug-likeness (QED) is 0.543. The van der Waals surface area contributed by atoms with Crippen LogP contribution in [0.2, 0.25) is 0 Å². The molecule has 4 atom stereocenters. The molecule has 0 aromatic carbocycles. The van der Waals surface area contributed by atoms with Crippen molar-refractivity contribution >= 4 is 17.9 Å². The van der Waals surface area contributed by atoms with E-state index >= 15 is 0 Å². The number of ether oxygens (including phenoxy) is 3. The summed E-state index contributed by atoms with van der Waals surface area (Å²) in [6.07, 6.45) is -0.134. The zero-order chi connectivity index (χ0) is 20.3. The number of carbonyl (C=O) groups is 3. The summed E-state index contributed by atoms with van der Waals surface area (Å²) in [5.41, 5.74) is 4.68. The lowest BCUT2D eigenvalue weighted by Gasteiger charge is -2.25. The van der Waals surface area contributed by atoms with Gasteiger partial charge < -0.3 is 19.9 Å². The minimum absolute atomic E-state index is 0.173. The molecule has 0 radical (unpaired) electrons. The average molecular weight is 372 g/mol. The molecule has 1 aliphatic rings. The van der Waals surface area contributed by atoms with Gasteiger partial charge in [0.05, 0.1) is 0 Å². The molecular weight excluding hydrogens is 340 g/mol. The molecule has 1 heterocycles. The standard InChI is InChI=1S/C18H32N2O6/c1-10(21)24-14-9-13(16(23)26-18(5,6)7)20-12(14)8-11(19)15(22)25-17(2,3)4/h11-14,20H,8-9,19H2,1-7H3/t11-,12-,13-,14+/m0/s1. The lowest BCUT2D eigenvalue weighted by atomic mass is 10.0. The summed E-state index contributed by atoms with van der Waals surface area (Å²) in [5, 5.41) is 3.08. The Bertz CT molecular complexity index is 535. The molecule has 8 heteroatoms. The van der Waals surface area contributed by atoms with E-state index < -0.39 is 53.3 Å². The number of hydrogen-bond acceptors (Lipinski definition) is 8. The molecule has 0 aliphatic carbocycles. The van der Waals surface area contributed by atoms with Crippen LogP contribution in [0, 0.1) is 0 Å². The minimum atomic E-state index is -0.901. The van der Waals surface area contributed by atoms with Crippen molar-refractivity contribution in [2.24, 2.45) is 5.73 Å². The molecule has 0 spiro atoms. The molecule has 0 bridgehead atoms. The van der Waals surface area contributed by atoms with Crippen molar-refractivity contribution in [1.29, 1.82) is 0 Å². The highest BCUT2D eigenvalue weighted by molar-refractivity contribution is 5.78. The van der Waals surface area contributed by atoms with E-state index in [4.69, 9.17) is 19.9 Å². The molecule has 3 N–H and O–H groups in total. The Hall–Kier alpha value is -1.67. The van der Waals surface area contributed by atoms with Gasteiger partial charge in [0.15, 0.2) is 0 Å². The van der Waals surface area contributed by atoms with E-state index in [2.05, 4.69) is 5.32 Å². The van der Waals surface area contributed by atoms with E-state index in [1.165, 1.54) is 6.92 Å². The van der Waals surface area contributed by atoms with E-state index in [1.54, 1.807) is 41.5 Å². The van der Waals surface area contributed by atoms with Crippen LogP contribution in [0.1, 0.15) is 61.3 Å². The Kier molecular flexibility index (Phi) is 7.18. The highest BCUT2D eigenvalue weighted by Crippen LogP contribution is 2.23. The van der Waals surface area contributed by atoms with Crippen molar-refractivity contribution in [3.05, 3.63) is 0 Å². The molecule has 8 nitrogen and oxygen atoms in total. The van der Waals surface area contributed by atoms with Gasteiger partial charge in [-0.25, -0.2) is 0 Å². The van der Waals surface area contributed by atoms with Gasteiger partial charge in [0.25, 0.3) is 0 Å². The highest BCUT2D eigenvalue weighted by Gasteiger charge is 2.42. The third-order valence-corrected chi connectivity index (χ3v) is 3.56. The Labute approximate surface area is 155 Å². The van der Waals surface area contributed by atoms with Gasteiger partial charge in [-0.2, -0.15) is 0 Å². The van der Waals surface area contributed by atoms with Crippen molar-refractivity contribution in [2.45, 2.75) is 96.7 Å². The van der Waals surface area contributed by atoms with Gasteiger partial charge >= 0.3 is 17.9 Å². The number of carbonyl (C=O) groups excluding carboxylic acids is 3. The van der Waals surface area contributed by atoms with Gasteiger partial charge in [-0.05, 0) is 48.0 Å². The maximum absolute atomic E-state index is 12.3. The van der Waals surface area contributed by atoms with E-state index in [9.17, 15) is 14.4 Å². The molecule has 1 rings (SSSR count). The first kappa shape index (κ1) is 22.4. The summed E-state index contributed by atoms with van der Waals surface area (Å²) in [6.45, 7) is 11.9. The SMILES string of the molecule is CC(=O)O[C@@H]1C[C@@H](C(=O)OC(C)(C)C)N[C@H]1C[C@H](N)C(=O)OC(C)(C)C. The van der Waals surface area contributed by atoms with Crippen LogP contribution in [0.4, 0.5) is 0 Å². The van der Waals surface area contributed by atoms with Crippen LogP contribution in [0.5, 0.6) is 0 Å². The second-order valence-electron chi connectivity index (χ2n) is 8.62. The van der Waals surface area contributed by atoms with Crippen LogP contribution in [0.25, 0.3) is 0 Å². The molecule has 1 fully saturated rings. The van der Waals surface area contributed by atoms with Crippen LogP contribution < -0.4 is 11.1 Å². The zero-order valence-corrected chi connectivity index (χ0v) is 16.8. The van der Waals surface area contributed by atoms with Crippen LogP contribution in [0.3, 0.4) is 0 Å². The van der Waals surface area contributed by atoms with Gasteiger partial charge in [0.1, 0.15) is 29.4 Å². The molecule has 26 heavy (non-hydrogen) atoms. The Balaban J connectivity index is 2.78. The number of esters is 3. The normalized spacial score (nSPS) is 24.7. The summed E-state index contributed by atoms with van der Waals surface area (Å²) in [5.74, 6) is -1.43. The van der Waals surface area contributed by atoms with Crippen molar-refractivity contribution in [1.82, 2.24) is 5.32 Å². The average Bonchev–Trinajstić information content (AvgIpc) is 2.77. The second-order valence-corrected chi connectivity index (χ2v) is 8.62. The van der Waals surface area contributed by atoms with E-state index in [1.807, 2.05) is 0 Å². The first-order valence-electron chi connectivity index (χ1n) is 8.82. The van der Waals surface area contributed by atoms with Crippen LogP contribution in [0.15, 0.2) is 0 Å². The molecule has 0 aromatic rings.